The van der Waals surface area contributed by atoms with Crippen LogP contribution in [-0.4, -0.2) is 40.6 Å². The largest absolute Gasteiger partial charge is 0.465 e. The molecule has 0 saturated carbocycles. The van der Waals surface area contributed by atoms with Crippen LogP contribution in [0.15, 0.2) is 34.2 Å². The molecule has 2 aromatic rings. The van der Waals surface area contributed by atoms with Crippen molar-refractivity contribution in [1.29, 1.82) is 0 Å². The second-order valence-electron chi connectivity index (χ2n) is 5.56. The summed E-state index contributed by atoms with van der Waals surface area (Å²) < 4.78 is 12.2. The van der Waals surface area contributed by atoms with Gasteiger partial charge >= 0.3 is 5.97 Å². The van der Waals surface area contributed by atoms with Crippen molar-refractivity contribution in [3.63, 3.8) is 0 Å². The predicted molar refractivity (Wildman–Crippen MR) is 92.3 cm³/mol. The van der Waals surface area contributed by atoms with Crippen molar-refractivity contribution in [2.75, 3.05) is 19.0 Å². The summed E-state index contributed by atoms with van der Waals surface area (Å²) in [5.41, 5.74) is 0.542. The standard InChI is InChI=1S/C17H20N2O4S/c1-2-22-15(20)11-24-17-18-14-8-4-3-7-13(14)16(21)19(17)10-12-6-5-9-23-12/h3-4,7-8,12H,2,5-6,9-11H2,1H3/t12-/m0/s1. The van der Waals surface area contributed by atoms with Gasteiger partial charge in [0.25, 0.3) is 5.56 Å². The van der Waals surface area contributed by atoms with Crippen molar-refractivity contribution in [2.24, 2.45) is 0 Å². The molecule has 2 heterocycles. The van der Waals surface area contributed by atoms with E-state index in [-0.39, 0.29) is 23.4 Å². The first-order valence-corrected chi connectivity index (χ1v) is 9.07. The lowest BCUT2D eigenvalue weighted by Gasteiger charge is -2.16. The minimum absolute atomic E-state index is 0.0209. The Morgan fingerprint density at radius 2 is 2.29 bits per heavy atom. The van der Waals surface area contributed by atoms with Crippen LogP contribution in [0, 0.1) is 0 Å². The summed E-state index contributed by atoms with van der Waals surface area (Å²) in [6.45, 7) is 3.30. The number of aromatic nitrogens is 2. The smallest absolute Gasteiger partial charge is 0.316 e. The minimum Gasteiger partial charge on any atom is -0.465 e. The Kier molecular flexibility index (Phi) is 5.52. The fraction of sp³-hybridized carbons (Fsp3) is 0.471. The second-order valence-corrected chi connectivity index (χ2v) is 6.50. The molecule has 1 aromatic heterocycles. The van der Waals surface area contributed by atoms with Crippen molar-refractivity contribution in [3.8, 4) is 0 Å². The van der Waals surface area contributed by atoms with Crippen LogP contribution >= 0.6 is 11.8 Å². The van der Waals surface area contributed by atoms with E-state index in [4.69, 9.17) is 9.47 Å². The number of fused-ring (bicyclic) bond motifs is 1. The predicted octanol–water partition coefficient (Wildman–Crippen LogP) is 2.23. The second kappa shape index (κ2) is 7.81. The van der Waals surface area contributed by atoms with Crippen molar-refractivity contribution >= 4 is 28.6 Å². The molecule has 1 atom stereocenters. The number of thioether (sulfide) groups is 1. The number of hydrogen-bond acceptors (Lipinski definition) is 6. The molecule has 0 N–H and O–H groups in total. The van der Waals surface area contributed by atoms with Crippen LogP contribution in [0.25, 0.3) is 10.9 Å². The monoisotopic (exact) mass is 348 g/mol. The topological polar surface area (TPSA) is 70.4 Å². The van der Waals surface area contributed by atoms with Gasteiger partial charge < -0.3 is 9.47 Å². The maximum Gasteiger partial charge on any atom is 0.316 e. The molecule has 1 aliphatic heterocycles. The molecule has 0 radical (unpaired) electrons. The molecule has 6 nitrogen and oxygen atoms in total. The highest BCUT2D eigenvalue weighted by molar-refractivity contribution is 7.99. The van der Waals surface area contributed by atoms with E-state index in [0.29, 0.717) is 29.2 Å². The van der Waals surface area contributed by atoms with E-state index in [1.165, 1.54) is 11.8 Å². The first-order chi connectivity index (χ1) is 11.7. The molecule has 1 fully saturated rings. The Hall–Kier alpha value is -1.86. The zero-order valence-corrected chi connectivity index (χ0v) is 14.4. The molecule has 1 aliphatic rings. The molecular weight excluding hydrogens is 328 g/mol. The number of carbonyl (C=O) groups is 1. The zero-order chi connectivity index (χ0) is 16.9. The Labute approximate surface area is 144 Å². The lowest BCUT2D eigenvalue weighted by atomic mass is 10.2. The van der Waals surface area contributed by atoms with Crippen LogP contribution < -0.4 is 5.56 Å². The lowest BCUT2D eigenvalue weighted by Crippen LogP contribution is -2.29. The van der Waals surface area contributed by atoms with Gasteiger partial charge in [-0.15, -0.1) is 0 Å². The summed E-state index contributed by atoms with van der Waals surface area (Å²) in [4.78, 5) is 29.1. The van der Waals surface area contributed by atoms with Crippen molar-refractivity contribution in [3.05, 3.63) is 34.6 Å². The Bertz CT molecular complexity index is 784. The highest BCUT2D eigenvalue weighted by atomic mass is 32.2. The van der Waals surface area contributed by atoms with Crippen LogP contribution in [0.2, 0.25) is 0 Å². The average molecular weight is 348 g/mol. The fourth-order valence-corrected chi connectivity index (χ4v) is 3.54. The molecule has 24 heavy (non-hydrogen) atoms. The molecule has 1 saturated heterocycles. The molecule has 0 bridgehead atoms. The number of ether oxygens (including phenoxy) is 2. The van der Waals surface area contributed by atoms with Crippen LogP contribution in [0.3, 0.4) is 0 Å². The molecule has 0 aliphatic carbocycles. The van der Waals surface area contributed by atoms with E-state index in [1.54, 1.807) is 17.6 Å². The maximum absolute atomic E-state index is 12.8. The van der Waals surface area contributed by atoms with Gasteiger partial charge in [-0.1, -0.05) is 23.9 Å². The number of para-hydroxylation sites is 1. The molecule has 3 rings (SSSR count). The van der Waals surface area contributed by atoms with Gasteiger partial charge in [0.15, 0.2) is 5.16 Å². The summed E-state index contributed by atoms with van der Waals surface area (Å²) in [5.74, 6) is -0.182. The SMILES string of the molecule is CCOC(=O)CSc1nc2ccccc2c(=O)n1C[C@@H]1CCCO1. The van der Waals surface area contributed by atoms with Gasteiger partial charge in [-0.2, -0.15) is 0 Å². The quantitative estimate of drug-likeness (QED) is 0.453. The van der Waals surface area contributed by atoms with Gasteiger partial charge in [0.2, 0.25) is 0 Å². The lowest BCUT2D eigenvalue weighted by molar-refractivity contribution is -0.139. The van der Waals surface area contributed by atoms with Crippen molar-refractivity contribution in [1.82, 2.24) is 9.55 Å². The molecule has 0 spiro atoms. The molecule has 128 valence electrons. The van der Waals surface area contributed by atoms with Crippen molar-refractivity contribution in [2.45, 2.75) is 37.6 Å². The number of hydrogen-bond donors (Lipinski definition) is 0. The number of esters is 1. The number of nitrogens with zero attached hydrogens (tertiary/aromatic N) is 2. The van der Waals surface area contributed by atoms with Crippen LogP contribution in [0.4, 0.5) is 0 Å². The first kappa shape index (κ1) is 17.0. The molecular formula is C17H20N2O4S. The average Bonchev–Trinajstić information content (AvgIpc) is 3.09. The molecule has 7 heteroatoms. The molecule has 0 amide bonds. The third kappa shape index (κ3) is 3.79. The third-order valence-corrected chi connectivity index (χ3v) is 4.81. The summed E-state index contributed by atoms with van der Waals surface area (Å²) >= 11 is 1.23. The Morgan fingerprint density at radius 1 is 1.46 bits per heavy atom. The van der Waals surface area contributed by atoms with E-state index < -0.39 is 0 Å². The fourth-order valence-electron chi connectivity index (χ4n) is 2.74. The van der Waals surface area contributed by atoms with E-state index in [2.05, 4.69) is 4.98 Å². The zero-order valence-electron chi connectivity index (χ0n) is 13.6. The van der Waals surface area contributed by atoms with Gasteiger partial charge in [0.05, 0.1) is 35.9 Å². The number of rotatable bonds is 6. The summed E-state index contributed by atoms with van der Waals surface area (Å²) in [6, 6.07) is 7.25. The van der Waals surface area contributed by atoms with Gasteiger partial charge in [0, 0.05) is 6.61 Å². The van der Waals surface area contributed by atoms with E-state index in [0.717, 1.165) is 19.4 Å². The van der Waals surface area contributed by atoms with E-state index in [1.807, 2.05) is 18.2 Å². The number of benzene rings is 1. The van der Waals surface area contributed by atoms with Crippen LogP contribution in [-0.2, 0) is 20.8 Å². The summed E-state index contributed by atoms with van der Waals surface area (Å²) in [7, 11) is 0. The van der Waals surface area contributed by atoms with Gasteiger partial charge in [-0.25, -0.2) is 4.98 Å². The molecule has 0 unspecified atom stereocenters. The van der Waals surface area contributed by atoms with Gasteiger partial charge in [-0.3, -0.25) is 14.2 Å². The van der Waals surface area contributed by atoms with E-state index >= 15 is 0 Å². The highest BCUT2D eigenvalue weighted by Gasteiger charge is 2.20. The maximum atomic E-state index is 12.8. The Balaban J connectivity index is 1.94. The Morgan fingerprint density at radius 3 is 3.04 bits per heavy atom. The highest BCUT2D eigenvalue weighted by Crippen LogP contribution is 2.21. The van der Waals surface area contributed by atoms with Gasteiger partial charge in [0.1, 0.15) is 0 Å². The van der Waals surface area contributed by atoms with Crippen molar-refractivity contribution < 1.29 is 14.3 Å². The first-order valence-electron chi connectivity index (χ1n) is 8.08. The molecule has 1 aromatic carbocycles. The summed E-state index contributed by atoms with van der Waals surface area (Å²) in [6.07, 6.45) is 1.96. The van der Waals surface area contributed by atoms with Gasteiger partial charge in [-0.05, 0) is 31.9 Å². The van der Waals surface area contributed by atoms with E-state index in [9.17, 15) is 9.59 Å². The summed E-state index contributed by atoms with van der Waals surface area (Å²) in [5, 5.41) is 1.11. The van der Waals surface area contributed by atoms with Crippen LogP contribution in [0.1, 0.15) is 19.8 Å². The van der Waals surface area contributed by atoms with Crippen LogP contribution in [0.5, 0.6) is 0 Å². The minimum atomic E-state index is -0.312. The normalized spacial score (nSPS) is 17.3. The number of carbonyl (C=O) groups excluding carboxylic acids is 1. The third-order valence-electron chi connectivity index (χ3n) is 3.86.